The van der Waals surface area contributed by atoms with E-state index in [0.29, 0.717) is 30.0 Å². The number of anilines is 1. The van der Waals surface area contributed by atoms with Crippen molar-refractivity contribution in [2.75, 3.05) is 5.32 Å². The van der Waals surface area contributed by atoms with E-state index in [4.69, 9.17) is 0 Å². The van der Waals surface area contributed by atoms with Crippen molar-refractivity contribution in [3.8, 4) is 0 Å². The highest BCUT2D eigenvalue weighted by Gasteiger charge is 2.04. The van der Waals surface area contributed by atoms with Crippen LogP contribution in [0.15, 0.2) is 46.6 Å². The summed E-state index contributed by atoms with van der Waals surface area (Å²) in [6, 6.07) is 7.02. The van der Waals surface area contributed by atoms with Crippen LogP contribution in [-0.2, 0) is 13.1 Å². The summed E-state index contributed by atoms with van der Waals surface area (Å²) < 4.78 is 1.60. The standard InChI is InChI=1S/C15H17N3O2/c1-3-12-8-7-11(14(19)17-12)10-16-13-6-5-9-18(4-2)15(13)20/h3,5-9,16H,1,4,10H2,2H3,(H,17,19). The molecule has 0 saturated carbocycles. The molecular formula is C15H17N3O2. The average molecular weight is 271 g/mol. The van der Waals surface area contributed by atoms with Crippen LogP contribution in [0.25, 0.3) is 6.08 Å². The van der Waals surface area contributed by atoms with Crippen molar-refractivity contribution in [3.63, 3.8) is 0 Å². The van der Waals surface area contributed by atoms with Crippen LogP contribution < -0.4 is 16.4 Å². The highest BCUT2D eigenvalue weighted by Crippen LogP contribution is 2.02. The Balaban J connectivity index is 2.19. The number of aryl methyl sites for hydroxylation is 1. The Morgan fingerprint density at radius 2 is 2.15 bits per heavy atom. The fourth-order valence-corrected chi connectivity index (χ4v) is 1.89. The molecule has 0 amide bonds. The minimum absolute atomic E-state index is 0.0888. The molecule has 0 aliphatic heterocycles. The number of hydrogen-bond acceptors (Lipinski definition) is 3. The van der Waals surface area contributed by atoms with Gasteiger partial charge in [0.25, 0.3) is 11.1 Å². The Morgan fingerprint density at radius 3 is 2.80 bits per heavy atom. The summed E-state index contributed by atoms with van der Waals surface area (Å²) >= 11 is 0. The summed E-state index contributed by atoms with van der Waals surface area (Å²) in [6.45, 7) is 6.42. The Morgan fingerprint density at radius 1 is 1.35 bits per heavy atom. The van der Waals surface area contributed by atoms with Gasteiger partial charge < -0.3 is 14.9 Å². The molecule has 2 aromatic rings. The Hall–Kier alpha value is -2.56. The van der Waals surface area contributed by atoms with Crippen molar-refractivity contribution >= 4 is 11.8 Å². The van der Waals surface area contributed by atoms with Crippen LogP contribution in [0.2, 0.25) is 0 Å². The lowest BCUT2D eigenvalue weighted by Crippen LogP contribution is -2.23. The molecule has 0 bridgehead atoms. The maximum atomic E-state index is 12.0. The third-order valence-corrected chi connectivity index (χ3v) is 3.06. The maximum absolute atomic E-state index is 12.0. The van der Waals surface area contributed by atoms with E-state index in [-0.39, 0.29) is 11.1 Å². The van der Waals surface area contributed by atoms with Crippen molar-refractivity contribution in [1.29, 1.82) is 0 Å². The molecule has 2 N–H and O–H groups in total. The predicted octanol–water partition coefficient (Wildman–Crippen LogP) is 1.81. The second kappa shape index (κ2) is 6.06. The van der Waals surface area contributed by atoms with Gasteiger partial charge in [0.15, 0.2) is 0 Å². The molecule has 0 unspecified atom stereocenters. The fraction of sp³-hybridized carbons (Fsp3) is 0.200. The molecule has 0 radical (unpaired) electrons. The van der Waals surface area contributed by atoms with Crippen molar-refractivity contribution in [2.24, 2.45) is 0 Å². The second-order valence-corrected chi connectivity index (χ2v) is 4.34. The van der Waals surface area contributed by atoms with Gasteiger partial charge in [0.05, 0.1) is 0 Å². The molecule has 0 fully saturated rings. The first-order valence-electron chi connectivity index (χ1n) is 6.43. The molecular weight excluding hydrogens is 254 g/mol. The summed E-state index contributed by atoms with van der Waals surface area (Å²) in [5.41, 5.74) is 1.46. The molecule has 2 rings (SSSR count). The molecule has 5 heteroatoms. The number of nitrogens with one attached hydrogen (secondary N) is 2. The van der Waals surface area contributed by atoms with E-state index in [0.717, 1.165) is 0 Å². The van der Waals surface area contributed by atoms with E-state index < -0.39 is 0 Å². The number of aromatic nitrogens is 2. The average Bonchev–Trinajstić information content (AvgIpc) is 2.47. The molecule has 5 nitrogen and oxygen atoms in total. The third-order valence-electron chi connectivity index (χ3n) is 3.06. The first-order chi connectivity index (χ1) is 9.65. The first-order valence-corrected chi connectivity index (χ1v) is 6.43. The fourth-order valence-electron chi connectivity index (χ4n) is 1.89. The molecule has 0 aliphatic carbocycles. The van der Waals surface area contributed by atoms with E-state index in [1.54, 1.807) is 41.1 Å². The zero-order valence-electron chi connectivity index (χ0n) is 11.3. The molecule has 0 atom stereocenters. The van der Waals surface area contributed by atoms with Crippen LogP contribution in [0.3, 0.4) is 0 Å². The van der Waals surface area contributed by atoms with Crippen molar-refractivity contribution in [2.45, 2.75) is 20.0 Å². The van der Waals surface area contributed by atoms with E-state index in [2.05, 4.69) is 16.9 Å². The van der Waals surface area contributed by atoms with Gasteiger partial charge in [-0.25, -0.2) is 0 Å². The summed E-state index contributed by atoms with van der Waals surface area (Å²) in [6.07, 6.45) is 3.31. The van der Waals surface area contributed by atoms with Gasteiger partial charge in [-0.2, -0.15) is 0 Å². The Bertz CT molecular complexity index is 728. The van der Waals surface area contributed by atoms with Gasteiger partial charge in [-0.15, -0.1) is 0 Å². The number of pyridine rings is 2. The molecule has 2 aromatic heterocycles. The van der Waals surface area contributed by atoms with Gasteiger partial charge >= 0.3 is 0 Å². The SMILES string of the molecule is C=Cc1ccc(CNc2cccn(CC)c2=O)c(=O)[nH]1. The molecule has 104 valence electrons. The zero-order valence-corrected chi connectivity index (χ0v) is 11.3. The van der Waals surface area contributed by atoms with E-state index in [1.807, 2.05) is 6.92 Å². The van der Waals surface area contributed by atoms with Gasteiger partial charge in [-0.05, 0) is 37.3 Å². The van der Waals surface area contributed by atoms with E-state index >= 15 is 0 Å². The summed E-state index contributed by atoms with van der Waals surface area (Å²) in [7, 11) is 0. The highest BCUT2D eigenvalue weighted by molar-refractivity contribution is 5.43. The van der Waals surface area contributed by atoms with Crippen LogP contribution in [-0.4, -0.2) is 9.55 Å². The summed E-state index contributed by atoms with van der Waals surface area (Å²) in [5, 5.41) is 3.00. The summed E-state index contributed by atoms with van der Waals surface area (Å²) in [4.78, 5) is 26.5. The normalized spacial score (nSPS) is 10.2. The van der Waals surface area contributed by atoms with Crippen LogP contribution >= 0.6 is 0 Å². The predicted molar refractivity (Wildman–Crippen MR) is 80.9 cm³/mol. The largest absolute Gasteiger partial charge is 0.376 e. The van der Waals surface area contributed by atoms with Crippen molar-refractivity contribution < 1.29 is 0 Å². The minimum atomic E-state index is -0.179. The quantitative estimate of drug-likeness (QED) is 0.871. The number of rotatable bonds is 5. The van der Waals surface area contributed by atoms with Gasteiger partial charge in [0.2, 0.25) is 0 Å². The number of aromatic amines is 1. The van der Waals surface area contributed by atoms with Crippen LogP contribution in [0, 0.1) is 0 Å². The topological polar surface area (TPSA) is 66.9 Å². The van der Waals surface area contributed by atoms with Gasteiger partial charge in [0.1, 0.15) is 5.69 Å². The van der Waals surface area contributed by atoms with Gasteiger partial charge in [-0.3, -0.25) is 9.59 Å². The third kappa shape index (κ3) is 2.88. The maximum Gasteiger partial charge on any atom is 0.273 e. The number of H-pyrrole nitrogens is 1. The number of hydrogen-bond donors (Lipinski definition) is 2. The minimum Gasteiger partial charge on any atom is -0.376 e. The lowest BCUT2D eigenvalue weighted by Gasteiger charge is -2.08. The molecule has 0 aliphatic rings. The smallest absolute Gasteiger partial charge is 0.273 e. The van der Waals surface area contributed by atoms with Crippen LogP contribution in [0.1, 0.15) is 18.2 Å². The molecule has 0 aromatic carbocycles. The lowest BCUT2D eigenvalue weighted by molar-refractivity contribution is 0.728. The van der Waals surface area contributed by atoms with Gasteiger partial charge in [-0.1, -0.05) is 6.58 Å². The molecule has 0 spiro atoms. The second-order valence-electron chi connectivity index (χ2n) is 4.34. The monoisotopic (exact) mass is 271 g/mol. The lowest BCUT2D eigenvalue weighted by atomic mass is 10.2. The number of nitrogens with zero attached hydrogens (tertiary/aromatic N) is 1. The van der Waals surface area contributed by atoms with Crippen LogP contribution in [0.4, 0.5) is 5.69 Å². The van der Waals surface area contributed by atoms with E-state index in [1.165, 1.54) is 0 Å². The highest BCUT2D eigenvalue weighted by atomic mass is 16.1. The van der Waals surface area contributed by atoms with Crippen LogP contribution in [0.5, 0.6) is 0 Å². The molecule has 20 heavy (non-hydrogen) atoms. The Kier molecular flexibility index (Phi) is 4.20. The van der Waals surface area contributed by atoms with Gasteiger partial charge in [0, 0.05) is 30.5 Å². The molecule has 0 saturated heterocycles. The van der Waals surface area contributed by atoms with E-state index in [9.17, 15) is 9.59 Å². The van der Waals surface area contributed by atoms with Crippen molar-refractivity contribution in [1.82, 2.24) is 9.55 Å². The Labute approximate surface area is 116 Å². The first kappa shape index (κ1) is 13.9. The molecule has 2 heterocycles. The van der Waals surface area contributed by atoms with Crippen molar-refractivity contribution in [3.05, 3.63) is 69.0 Å². The zero-order chi connectivity index (χ0) is 14.5. The summed E-state index contributed by atoms with van der Waals surface area (Å²) in [5.74, 6) is 0.